The Hall–Kier alpha value is -1.73. The predicted octanol–water partition coefficient (Wildman–Crippen LogP) is 5.66. The molecule has 4 rings (SSSR count). The van der Waals surface area contributed by atoms with Crippen LogP contribution in [0.4, 0.5) is 13.2 Å². The van der Waals surface area contributed by atoms with Gasteiger partial charge in [0.05, 0.1) is 5.70 Å². The number of benzene rings is 2. The molecule has 2 aromatic carbocycles. The number of hydrogen-bond donors (Lipinski definition) is 2. The molecule has 1 aliphatic heterocycles. The Kier molecular flexibility index (Phi) is 4.86. The molecular formula is C20H17Cl2F3N2O. The zero-order valence-corrected chi connectivity index (χ0v) is 16.1. The largest absolute Gasteiger partial charge is 0.428 e. The summed E-state index contributed by atoms with van der Waals surface area (Å²) >= 11 is 11.9. The number of fused-ring (bicyclic) bond motifs is 1. The smallest absolute Gasteiger partial charge is 0.324 e. The van der Waals surface area contributed by atoms with Crippen molar-refractivity contribution in [3.05, 3.63) is 74.8 Å². The molecule has 0 aromatic heterocycles. The molecule has 0 spiro atoms. The van der Waals surface area contributed by atoms with Gasteiger partial charge in [-0.15, -0.1) is 0 Å². The van der Waals surface area contributed by atoms with Gasteiger partial charge < -0.3 is 5.73 Å². The maximum absolute atomic E-state index is 14.1. The highest BCUT2D eigenvalue weighted by molar-refractivity contribution is 6.34. The van der Waals surface area contributed by atoms with Gasteiger partial charge in [0, 0.05) is 21.7 Å². The third-order valence-corrected chi connectivity index (χ3v) is 5.63. The second-order valence-electron chi connectivity index (χ2n) is 7.07. The fraction of sp³-hybridized carbons (Fsp3) is 0.300. The summed E-state index contributed by atoms with van der Waals surface area (Å²) in [6.07, 6.45) is -0.998. The Morgan fingerprint density at radius 3 is 2.50 bits per heavy atom. The first-order chi connectivity index (χ1) is 13.2. The van der Waals surface area contributed by atoms with E-state index in [1.165, 1.54) is 18.2 Å². The SMILES string of the molecule is NC1CCCc2cc(C3=CC(c4cc(Cl)cc(Cl)c4)(C(F)(F)F)ON3)ccc21. The summed E-state index contributed by atoms with van der Waals surface area (Å²) in [6.45, 7) is 0. The zero-order chi connectivity index (χ0) is 20.1. The van der Waals surface area contributed by atoms with Crippen molar-refractivity contribution < 1.29 is 18.0 Å². The normalized spacial score (nSPS) is 24.5. The highest BCUT2D eigenvalue weighted by Crippen LogP contribution is 2.48. The van der Waals surface area contributed by atoms with Crippen molar-refractivity contribution in [1.29, 1.82) is 0 Å². The maximum Gasteiger partial charge on any atom is 0.428 e. The fourth-order valence-electron chi connectivity index (χ4n) is 3.77. The van der Waals surface area contributed by atoms with Gasteiger partial charge in [-0.25, -0.2) is 0 Å². The lowest BCUT2D eigenvalue weighted by molar-refractivity contribution is -0.269. The van der Waals surface area contributed by atoms with E-state index in [0.29, 0.717) is 5.56 Å². The molecule has 1 heterocycles. The van der Waals surface area contributed by atoms with Gasteiger partial charge in [-0.2, -0.15) is 13.2 Å². The van der Waals surface area contributed by atoms with Crippen LogP contribution in [0.2, 0.25) is 10.0 Å². The average Bonchev–Trinajstić information content (AvgIpc) is 3.07. The molecule has 2 aliphatic rings. The second kappa shape index (κ2) is 6.95. The Morgan fingerprint density at radius 2 is 1.82 bits per heavy atom. The number of hydroxylamine groups is 1. The van der Waals surface area contributed by atoms with Crippen molar-refractivity contribution in [3.8, 4) is 0 Å². The van der Waals surface area contributed by atoms with E-state index in [1.54, 1.807) is 6.07 Å². The molecule has 1 aliphatic carbocycles. The minimum absolute atomic E-state index is 0.0394. The van der Waals surface area contributed by atoms with Gasteiger partial charge in [-0.1, -0.05) is 35.3 Å². The van der Waals surface area contributed by atoms with Crippen LogP contribution in [-0.4, -0.2) is 6.18 Å². The van der Waals surface area contributed by atoms with Crippen LogP contribution < -0.4 is 11.2 Å². The van der Waals surface area contributed by atoms with E-state index >= 15 is 0 Å². The number of halogens is 5. The number of rotatable bonds is 2. The highest BCUT2D eigenvalue weighted by Gasteiger charge is 2.59. The number of nitrogens with one attached hydrogen (secondary N) is 1. The van der Waals surface area contributed by atoms with Crippen LogP contribution in [0.25, 0.3) is 5.70 Å². The topological polar surface area (TPSA) is 47.3 Å². The van der Waals surface area contributed by atoms with E-state index in [9.17, 15) is 13.2 Å². The molecular weight excluding hydrogens is 412 g/mol. The Labute approximate surface area is 170 Å². The monoisotopic (exact) mass is 428 g/mol. The van der Waals surface area contributed by atoms with Crippen molar-refractivity contribution in [2.24, 2.45) is 5.73 Å². The van der Waals surface area contributed by atoms with Gasteiger partial charge in [0.1, 0.15) is 0 Å². The zero-order valence-electron chi connectivity index (χ0n) is 14.6. The van der Waals surface area contributed by atoms with Crippen molar-refractivity contribution in [2.75, 3.05) is 0 Å². The fourth-order valence-corrected chi connectivity index (χ4v) is 4.30. The lowest BCUT2D eigenvalue weighted by atomic mass is 9.86. The minimum atomic E-state index is -4.73. The number of nitrogens with two attached hydrogens (primary N) is 1. The molecule has 3 nitrogen and oxygen atoms in total. The molecule has 3 N–H and O–H groups in total. The third kappa shape index (κ3) is 3.28. The van der Waals surface area contributed by atoms with Gasteiger partial charge in [0.25, 0.3) is 0 Å². The maximum atomic E-state index is 14.1. The van der Waals surface area contributed by atoms with Crippen molar-refractivity contribution in [1.82, 2.24) is 5.48 Å². The molecule has 148 valence electrons. The minimum Gasteiger partial charge on any atom is -0.324 e. The molecule has 28 heavy (non-hydrogen) atoms. The summed E-state index contributed by atoms with van der Waals surface area (Å²) in [7, 11) is 0. The summed E-state index contributed by atoms with van der Waals surface area (Å²) in [4.78, 5) is 5.12. The summed E-state index contributed by atoms with van der Waals surface area (Å²) in [6, 6.07) is 9.24. The third-order valence-electron chi connectivity index (χ3n) is 5.20. The van der Waals surface area contributed by atoms with Crippen LogP contribution in [0, 0.1) is 0 Å². The van der Waals surface area contributed by atoms with Gasteiger partial charge in [0.15, 0.2) is 0 Å². The quantitative estimate of drug-likeness (QED) is 0.648. The molecule has 0 radical (unpaired) electrons. The standard InChI is InChI=1S/C20H17Cl2F3N2O/c21-14-7-13(8-15(22)9-14)19(20(23,24)25)10-18(27-28-19)12-4-5-16-11(6-12)2-1-3-17(16)26/h4-10,17,27H,1-3,26H2. The molecule has 2 aromatic rings. The van der Waals surface area contributed by atoms with Gasteiger partial charge in [-0.3, -0.25) is 10.3 Å². The highest BCUT2D eigenvalue weighted by atomic mass is 35.5. The summed E-state index contributed by atoms with van der Waals surface area (Å²) in [5, 5.41) is 0.193. The molecule has 0 bridgehead atoms. The average molecular weight is 429 g/mol. The first-order valence-corrected chi connectivity index (χ1v) is 9.54. The molecule has 0 fully saturated rings. The first-order valence-electron chi connectivity index (χ1n) is 8.78. The Balaban J connectivity index is 1.80. The van der Waals surface area contributed by atoms with Crippen LogP contribution in [-0.2, 0) is 16.9 Å². The van der Waals surface area contributed by atoms with Crippen LogP contribution in [0.5, 0.6) is 0 Å². The first kappa shape index (κ1) is 19.6. The van der Waals surface area contributed by atoms with Crippen molar-refractivity contribution >= 4 is 28.9 Å². The molecule has 8 heteroatoms. The van der Waals surface area contributed by atoms with E-state index in [-0.39, 0.29) is 27.3 Å². The molecule has 0 amide bonds. The molecule has 0 saturated carbocycles. The van der Waals surface area contributed by atoms with Gasteiger partial charge in [-0.05, 0) is 66.3 Å². The summed E-state index contributed by atoms with van der Waals surface area (Å²) < 4.78 is 42.2. The summed E-state index contributed by atoms with van der Waals surface area (Å²) in [5.74, 6) is 0. The molecule has 0 saturated heterocycles. The number of aryl methyl sites for hydroxylation is 1. The second-order valence-corrected chi connectivity index (χ2v) is 7.94. The van der Waals surface area contributed by atoms with Crippen LogP contribution in [0.1, 0.15) is 41.1 Å². The Bertz CT molecular complexity index is 941. The van der Waals surface area contributed by atoms with Crippen LogP contribution >= 0.6 is 23.2 Å². The van der Waals surface area contributed by atoms with E-state index < -0.39 is 11.8 Å². The molecule has 2 unspecified atom stereocenters. The van der Waals surface area contributed by atoms with Gasteiger partial charge >= 0.3 is 6.18 Å². The predicted molar refractivity (Wildman–Crippen MR) is 103 cm³/mol. The van der Waals surface area contributed by atoms with E-state index in [0.717, 1.165) is 36.5 Å². The van der Waals surface area contributed by atoms with E-state index in [1.807, 2.05) is 12.1 Å². The lowest BCUT2D eigenvalue weighted by Gasteiger charge is -2.28. The molecule has 2 atom stereocenters. The van der Waals surface area contributed by atoms with Crippen LogP contribution in [0.3, 0.4) is 0 Å². The number of alkyl halides is 3. The van der Waals surface area contributed by atoms with E-state index in [4.69, 9.17) is 33.8 Å². The van der Waals surface area contributed by atoms with E-state index in [2.05, 4.69) is 5.48 Å². The number of hydrogen-bond acceptors (Lipinski definition) is 3. The van der Waals surface area contributed by atoms with Gasteiger partial charge in [0.2, 0.25) is 5.60 Å². The summed E-state index contributed by atoms with van der Waals surface area (Å²) in [5.41, 5.74) is 8.62. The van der Waals surface area contributed by atoms with Crippen molar-refractivity contribution in [2.45, 2.75) is 37.1 Å². The van der Waals surface area contributed by atoms with Crippen LogP contribution in [0.15, 0.2) is 42.5 Å². The lowest BCUT2D eigenvalue weighted by Crippen LogP contribution is -2.42. The Morgan fingerprint density at radius 1 is 1.11 bits per heavy atom. The van der Waals surface area contributed by atoms with Crippen molar-refractivity contribution in [3.63, 3.8) is 0 Å².